The summed E-state index contributed by atoms with van der Waals surface area (Å²) < 4.78 is 12.3. The van der Waals surface area contributed by atoms with Crippen LogP contribution in [0.4, 0.5) is 0 Å². The van der Waals surface area contributed by atoms with E-state index in [0.717, 1.165) is 53.0 Å². The summed E-state index contributed by atoms with van der Waals surface area (Å²) in [4.78, 5) is 13.3. The van der Waals surface area contributed by atoms with Gasteiger partial charge in [-0.1, -0.05) is 115 Å². The second-order valence-corrected chi connectivity index (χ2v) is 18.4. The Balaban J connectivity index is 0.920. The zero-order valence-electron chi connectivity index (χ0n) is 37.4. The van der Waals surface area contributed by atoms with Crippen LogP contribution in [0.5, 0.6) is 17.2 Å². The molecule has 0 atom stereocenters. The quantitative estimate of drug-likeness (QED) is 0.118. The third-order valence-electron chi connectivity index (χ3n) is 14.8. The van der Waals surface area contributed by atoms with E-state index in [4.69, 9.17) is 9.47 Å². The lowest BCUT2D eigenvalue weighted by Crippen LogP contribution is -2.26. The van der Waals surface area contributed by atoms with E-state index in [2.05, 4.69) is 128 Å². The highest BCUT2D eigenvalue weighted by molar-refractivity contribution is 6.09. The monoisotopic (exact) mass is 860 g/mol. The fraction of sp³-hybridized carbons (Fsp3) is 0.109. The Labute approximate surface area is 391 Å². The molecule has 4 aliphatic carbocycles. The van der Waals surface area contributed by atoms with Crippen LogP contribution in [-0.2, 0) is 31.1 Å². The van der Waals surface area contributed by atoms with E-state index in [9.17, 15) is 4.79 Å². The summed E-state index contributed by atoms with van der Waals surface area (Å²) in [6.07, 6.45) is 4.55. The summed E-state index contributed by atoms with van der Waals surface area (Å²) in [5, 5.41) is 0. The van der Waals surface area contributed by atoms with Crippen molar-refractivity contribution in [3.63, 3.8) is 0 Å². The molecule has 1 spiro atoms. The van der Waals surface area contributed by atoms with E-state index < -0.39 is 5.41 Å². The molecule has 0 saturated heterocycles. The highest BCUT2D eigenvalue weighted by atomic mass is 16.5. The maximum absolute atomic E-state index is 13.3. The molecule has 0 saturated carbocycles. The molecular formula is C64H44O3. The molecule has 0 N–H and O–H groups in total. The van der Waals surface area contributed by atoms with Gasteiger partial charge < -0.3 is 9.47 Å². The van der Waals surface area contributed by atoms with Crippen LogP contribution in [0.15, 0.2) is 182 Å². The van der Waals surface area contributed by atoms with Gasteiger partial charge >= 0.3 is 0 Å². The first kappa shape index (κ1) is 39.2. The number of rotatable bonds is 7. The number of carbonyl (C=O) groups is 1. The molecule has 0 heterocycles. The van der Waals surface area contributed by atoms with Crippen molar-refractivity contribution < 1.29 is 14.3 Å². The van der Waals surface area contributed by atoms with E-state index in [1.54, 1.807) is 31.4 Å². The second-order valence-electron chi connectivity index (χ2n) is 18.4. The summed E-state index contributed by atoms with van der Waals surface area (Å²) in [7, 11) is 1.62. The summed E-state index contributed by atoms with van der Waals surface area (Å²) in [6.45, 7) is 2.27. The number of ether oxygens (including phenoxy) is 2. The number of methoxy groups -OCH3 is 1. The Bertz CT molecular complexity index is 3570. The number of benzene rings is 9. The maximum Gasteiger partial charge on any atom is 0.193 e. The molecule has 0 aliphatic heterocycles. The van der Waals surface area contributed by atoms with Crippen molar-refractivity contribution in [3.05, 3.63) is 254 Å². The largest absolute Gasteiger partial charge is 0.497 e. The third kappa shape index (κ3) is 6.17. The van der Waals surface area contributed by atoms with Crippen LogP contribution in [0, 0.1) is 18.8 Å². The van der Waals surface area contributed by atoms with Crippen molar-refractivity contribution in [2.45, 2.75) is 38.0 Å². The average molecular weight is 861 g/mol. The predicted octanol–water partition coefficient (Wildman–Crippen LogP) is 14.3. The Morgan fingerprint density at radius 1 is 0.448 bits per heavy atom. The normalized spacial score (nSPS) is 13.6. The number of fused-ring (bicyclic) bond motifs is 12. The first-order valence-corrected chi connectivity index (χ1v) is 23.3. The van der Waals surface area contributed by atoms with Crippen molar-refractivity contribution in [3.8, 4) is 73.6 Å². The summed E-state index contributed by atoms with van der Waals surface area (Å²) in [5.74, 6) is 8.81. The van der Waals surface area contributed by atoms with Gasteiger partial charge in [0.05, 0.1) is 12.5 Å². The molecule has 9 aromatic rings. The minimum atomic E-state index is -0.518. The van der Waals surface area contributed by atoms with Gasteiger partial charge in [0.1, 0.15) is 17.2 Å². The van der Waals surface area contributed by atoms with Gasteiger partial charge in [-0.15, -0.1) is 0 Å². The zero-order chi connectivity index (χ0) is 44.8. The van der Waals surface area contributed by atoms with Gasteiger partial charge in [-0.2, -0.15) is 0 Å². The molecule has 0 aromatic heterocycles. The second kappa shape index (κ2) is 15.2. The lowest BCUT2D eigenvalue weighted by atomic mass is 9.69. The van der Waals surface area contributed by atoms with Crippen LogP contribution < -0.4 is 9.47 Å². The maximum atomic E-state index is 13.3. The molecular weight excluding hydrogens is 817 g/mol. The Hall–Kier alpha value is -8.19. The van der Waals surface area contributed by atoms with Gasteiger partial charge in [-0.25, -0.2) is 0 Å². The fourth-order valence-electron chi connectivity index (χ4n) is 11.2. The standard InChI is InChI=1S/C64H44O3/c1-39-32-56-57-38-62(67-51-28-16-40(17-29-51)14-15-41-8-7-9-49(33-41)63(65)44-26-30-50(66-2)31-27-44)55(48-25-21-43-19-23-46(43)35-48)37-61(57)64(58-12-5-3-10-52(58)53-11-4-6-13-59(53)64)60(56)36-54(39)47-24-20-42-18-22-45(42)34-47/h3-13,16-17,20-21,24-38H,18-19,22-23H2,1-2H3. The third-order valence-corrected chi connectivity index (χ3v) is 14.8. The highest BCUT2D eigenvalue weighted by Crippen LogP contribution is 2.64. The lowest BCUT2D eigenvalue weighted by Gasteiger charge is -2.31. The number of hydrogen-bond donors (Lipinski definition) is 0. The minimum Gasteiger partial charge on any atom is -0.497 e. The molecule has 3 nitrogen and oxygen atoms in total. The zero-order valence-corrected chi connectivity index (χ0v) is 37.4. The number of ketones is 1. The molecule has 3 heteroatoms. The first-order valence-electron chi connectivity index (χ1n) is 23.3. The molecule has 318 valence electrons. The molecule has 67 heavy (non-hydrogen) atoms. The van der Waals surface area contributed by atoms with E-state index in [-0.39, 0.29) is 5.78 Å². The van der Waals surface area contributed by atoms with E-state index in [0.29, 0.717) is 16.9 Å². The van der Waals surface area contributed by atoms with Gasteiger partial charge in [-0.05, 0) is 200 Å². The average Bonchev–Trinajstić information content (AvgIpc) is 3.80. The van der Waals surface area contributed by atoms with Crippen molar-refractivity contribution in [2.24, 2.45) is 0 Å². The number of aryl methyl sites for hydroxylation is 5. The Morgan fingerprint density at radius 2 is 1.03 bits per heavy atom. The molecule has 9 aromatic carbocycles. The SMILES string of the molecule is COc1ccc(C(=O)c2cccc(C#Cc3ccc(Oc4cc5c(cc4-c4ccc6c(c4)CC6)C4(c6ccccc6-c6ccccc64)c4cc(-c6ccc7c(c6)CC7)c(C)cc4-5)cc3)c2)cc1. The van der Waals surface area contributed by atoms with Crippen LogP contribution in [0.1, 0.15) is 77.1 Å². The van der Waals surface area contributed by atoms with Crippen molar-refractivity contribution in [1.29, 1.82) is 0 Å². The van der Waals surface area contributed by atoms with Crippen molar-refractivity contribution >= 4 is 5.78 Å². The summed E-state index contributed by atoms with van der Waals surface area (Å²) in [5.41, 5.74) is 24.5. The molecule has 0 fully saturated rings. The highest BCUT2D eigenvalue weighted by Gasteiger charge is 2.52. The van der Waals surface area contributed by atoms with Gasteiger partial charge in [0, 0.05) is 27.8 Å². The lowest BCUT2D eigenvalue weighted by molar-refractivity contribution is 0.103. The summed E-state index contributed by atoms with van der Waals surface area (Å²) in [6, 6.07) is 64.6. The van der Waals surface area contributed by atoms with Crippen LogP contribution in [0.25, 0.3) is 44.5 Å². The Morgan fingerprint density at radius 3 is 1.66 bits per heavy atom. The van der Waals surface area contributed by atoms with E-state index >= 15 is 0 Å². The van der Waals surface area contributed by atoms with Crippen LogP contribution >= 0.6 is 0 Å². The summed E-state index contributed by atoms with van der Waals surface area (Å²) >= 11 is 0. The topological polar surface area (TPSA) is 35.5 Å². The molecule has 0 unspecified atom stereocenters. The number of carbonyl (C=O) groups excluding carboxylic acids is 1. The number of hydrogen-bond acceptors (Lipinski definition) is 3. The van der Waals surface area contributed by atoms with Gasteiger partial charge in [-0.3, -0.25) is 4.79 Å². The van der Waals surface area contributed by atoms with Gasteiger partial charge in [0.25, 0.3) is 0 Å². The van der Waals surface area contributed by atoms with Crippen LogP contribution in [-0.4, -0.2) is 12.9 Å². The van der Waals surface area contributed by atoms with Crippen molar-refractivity contribution in [1.82, 2.24) is 0 Å². The predicted molar refractivity (Wildman–Crippen MR) is 269 cm³/mol. The van der Waals surface area contributed by atoms with E-state index in [1.807, 2.05) is 48.5 Å². The molecule has 13 rings (SSSR count). The smallest absolute Gasteiger partial charge is 0.193 e. The van der Waals surface area contributed by atoms with Crippen LogP contribution in [0.2, 0.25) is 0 Å². The van der Waals surface area contributed by atoms with Crippen molar-refractivity contribution in [2.75, 3.05) is 7.11 Å². The molecule has 0 radical (unpaired) electrons. The van der Waals surface area contributed by atoms with Gasteiger partial charge in [0.2, 0.25) is 0 Å². The molecule has 0 bridgehead atoms. The Kier molecular flexibility index (Phi) is 8.89. The van der Waals surface area contributed by atoms with Crippen LogP contribution in [0.3, 0.4) is 0 Å². The van der Waals surface area contributed by atoms with Gasteiger partial charge in [0.15, 0.2) is 5.78 Å². The first-order chi connectivity index (χ1) is 32.9. The molecule has 0 amide bonds. The minimum absolute atomic E-state index is 0.0565. The molecule has 4 aliphatic rings. The van der Waals surface area contributed by atoms with E-state index in [1.165, 1.54) is 89.9 Å². The fourth-order valence-corrected chi connectivity index (χ4v) is 11.2.